The minimum Gasteiger partial charge on any atom is -0.492 e. The van der Waals surface area contributed by atoms with Gasteiger partial charge in [-0.1, -0.05) is 32.4 Å². The number of rotatable bonds is 11. The molecular weight excluding hydrogens is 260 g/mol. The average molecular weight is 292 g/mol. The van der Waals surface area contributed by atoms with Crippen LogP contribution in [0.2, 0.25) is 0 Å². The number of hydrogen-bond acceptors (Lipinski definition) is 3. The maximum Gasteiger partial charge on any atom is 0.119 e. The molecule has 1 aromatic carbocycles. The van der Waals surface area contributed by atoms with Gasteiger partial charge in [-0.15, -0.1) is 0 Å². The van der Waals surface area contributed by atoms with Gasteiger partial charge >= 0.3 is 0 Å². The van der Waals surface area contributed by atoms with Crippen molar-refractivity contribution < 1.29 is 4.74 Å². The summed E-state index contributed by atoms with van der Waals surface area (Å²) in [6.07, 6.45) is 3.71. The summed E-state index contributed by atoms with van der Waals surface area (Å²) in [5.41, 5.74) is 1.29. The van der Waals surface area contributed by atoms with Gasteiger partial charge in [0.05, 0.1) is 0 Å². The zero-order valence-electron chi connectivity index (χ0n) is 14.2. The lowest BCUT2D eigenvalue weighted by molar-refractivity contribution is 0.162. The largest absolute Gasteiger partial charge is 0.492 e. The minimum absolute atomic E-state index is 0.637. The van der Waals surface area contributed by atoms with Gasteiger partial charge < -0.3 is 10.1 Å². The Bertz CT molecular complexity index is 364. The number of ether oxygens (including phenoxy) is 1. The Morgan fingerprint density at radius 1 is 1.14 bits per heavy atom. The van der Waals surface area contributed by atoms with Crippen LogP contribution in [0.5, 0.6) is 5.75 Å². The molecule has 0 spiro atoms. The molecule has 0 saturated heterocycles. The lowest BCUT2D eigenvalue weighted by Gasteiger charge is -2.28. The van der Waals surface area contributed by atoms with E-state index in [0.717, 1.165) is 25.4 Å². The van der Waals surface area contributed by atoms with Crippen LogP contribution in [0, 0.1) is 0 Å². The summed E-state index contributed by atoms with van der Waals surface area (Å²) in [6.45, 7) is 10.7. The number of benzene rings is 1. The summed E-state index contributed by atoms with van der Waals surface area (Å²) < 4.78 is 5.88. The Kier molecular flexibility index (Phi) is 9.11. The third-order valence-corrected chi connectivity index (χ3v) is 3.96. The van der Waals surface area contributed by atoms with Crippen molar-refractivity contribution in [1.82, 2.24) is 10.2 Å². The van der Waals surface area contributed by atoms with Crippen LogP contribution in [0.25, 0.3) is 0 Å². The first-order valence-electron chi connectivity index (χ1n) is 8.31. The normalized spacial score (nSPS) is 12.6. The number of hydrogen-bond donors (Lipinski definition) is 1. The van der Waals surface area contributed by atoms with E-state index in [-0.39, 0.29) is 0 Å². The van der Waals surface area contributed by atoms with E-state index in [9.17, 15) is 0 Å². The molecule has 1 atom stereocenters. The van der Waals surface area contributed by atoms with Crippen molar-refractivity contribution in [3.63, 3.8) is 0 Å². The number of nitrogens with one attached hydrogen (secondary N) is 1. The van der Waals surface area contributed by atoms with Gasteiger partial charge in [-0.2, -0.15) is 0 Å². The summed E-state index contributed by atoms with van der Waals surface area (Å²) in [5, 5.41) is 3.15. The summed E-state index contributed by atoms with van der Waals surface area (Å²) in [7, 11) is 1.96. The van der Waals surface area contributed by atoms with Crippen molar-refractivity contribution in [2.24, 2.45) is 0 Å². The summed E-state index contributed by atoms with van der Waals surface area (Å²) in [4.78, 5) is 2.54. The van der Waals surface area contributed by atoms with Crippen LogP contribution in [-0.2, 0) is 6.54 Å². The second-order valence-corrected chi connectivity index (χ2v) is 5.67. The molecule has 1 rings (SSSR count). The van der Waals surface area contributed by atoms with Crippen molar-refractivity contribution in [1.29, 1.82) is 0 Å². The van der Waals surface area contributed by atoms with Crippen LogP contribution in [0.15, 0.2) is 24.3 Å². The van der Waals surface area contributed by atoms with Crippen molar-refractivity contribution in [3.05, 3.63) is 29.8 Å². The highest BCUT2D eigenvalue weighted by molar-refractivity contribution is 5.27. The molecular formula is C18H32N2O. The summed E-state index contributed by atoms with van der Waals surface area (Å²) in [6, 6.07) is 9.00. The van der Waals surface area contributed by atoms with E-state index < -0.39 is 0 Å². The van der Waals surface area contributed by atoms with Gasteiger partial charge in [0.2, 0.25) is 0 Å². The van der Waals surface area contributed by atoms with Crippen molar-refractivity contribution in [2.75, 3.05) is 26.7 Å². The lowest BCUT2D eigenvalue weighted by Crippen LogP contribution is -2.36. The molecule has 3 nitrogen and oxygen atoms in total. The van der Waals surface area contributed by atoms with E-state index >= 15 is 0 Å². The zero-order chi connectivity index (χ0) is 15.5. The topological polar surface area (TPSA) is 24.5 Å². The fourth-order valence-electron chi connectivity index (χ4n) is 2.36. The van der Waals surface area contributed by atoms with Gasteiger partial charge in [0.25, 0.3) is 0 Å². The van der Waals surface area contributed by atoms with E-state index in [1.165, 1.54) is 31.4 Å². The fourth-order valence-corrected chi connectivity index (χ4v) is 2.36. The van der Waals surface area contributed by atoms with E-state index in [0.29, 0.717) is 6.04 Å². The predicted molar refractivity (Wildman–Crippen MR) is 90.9 cm³/mol. The molecule has 0 bridgehead atoms. The molecule has 0 aliphatic carbocycles. The highest BCUT2D eigenvalue weighted by Crippen LogP contribution is 2.12. The third kappa shape index (κ3) is 6.96. The second-order valence-electron chi connectivity index (χ2n) is 5.67. The maximum absolute atomic E-state index is 5.88. The van der Waals surface area contributed by atoms with E-state index in [4.69, 9.17) is 4.74 Å². The van der Waals surface area contributed by atoms with Crippen LogP contribution >= 0.6 is 0 Å². The predicted octanol–water partition coefficient (Wildman–Crippen LogP) is 3.69. The van der Waals surface area contributed by atoms with E-state index in [1.54, 1.807) is 0 Å². The molecule has 0 amide bonds. The Morgan fingerprint density at radius 3 is 2.43 bits per heavy atom. The molecule has 3 heteroatoms. The van der Waals surface area contributed by atoms with Gasteiger partial charge in [-0.05, 0) is 51.1 Å². The first-order chi connectivity index (χ1) is 10.2. The zero-order valence-corrected chi connectivity index (χ0v) is 14.2. The molecule has 21 heavy (non-hydrogen) atoms. The lowest BCUT2D eigenvalue weighted by atomic mass is 10.2. The standard InChI is InChI=1S/C18H32N2O/c1-5-7-12-20(16(3)6-2)13-14-21-18-10-8-17(9-11-18)15-19-4/h8-11,16,19H,5-7,12-15H2,1-4H3. The number of unbranched alkanes of at least 4 members (excludes halogenated alkanes) is 1. The third-order valence-electron chi connectivity index (χ3n) is 3.96. The van der Waals surface area contributed by atoms with Gasteiger partial charge in [-0.25, -0.2) is 0 Å². The monoisotopic (exact) mass is 292 g/mol. The molecule has 0 aliphatic rings. The van der Waals surface area contributed by atoms with Crippen LogP contribution in [-0.4, -0.2) is 37.7 Å². The van der Waals surface area contributed by atoms with E-state index in [1.807, 2.05) is 7.05 Å². The number of nitrogens with zero attached hydrogens (tertiary/aromatic N) is 1. The first-order valence-corrected chi connectivity index (χ1v) is 8.31. The molecule has 0 heterocycles. The highest BCUT2D eigenvalue weighted by atomic mass is 16.5. The van der Waals surface area contributed by atoms with Crippen molar-refractivity contribution in [3.8, 4) is 5.75 Å². The Hall–Kier alpha value is -1.06. The molecule has 1 N–H and O–H groups in total. The summed E-state index contributed by atoms with van der Waals surface area (Å²) in [5.74, 6) is 0.967. The molecule has 0 fully saturated rings. The first kappa shape index (κ1) is 18.0. The van der Waals surface area contributed by atoms with Crippen LogP contribution in [0.3, 0.4) is 0 Å². The Labute approximate surface area is 130 Å². The highest BCUT2D eigenvalue weighted by Gasteiger charge is 2.11. The van der Waals surface area contributed by atoms with Gasteiger partial charge in [0, 0.05) is 19.1 Å². The molecule has 0 saturated carbocycles. The molecule has 0 radical (unpaired) electrons. The smallest absolute Gasteiger partial charge is 0.119 e. The quantitative estimate of drug-likeness (QED) is 0.673. The average Bonchev–Trinajstić information content (AvgIpc) is 2.51. The molecule has 0 aromatic heterocycles. The van der Waals surface area contributed by atoms with Crippen LogP contribution in [0.1, 0.15) is 45.6 Å². The van der Waals surface area contributed by atoms with Gasteiger partial charge in [0.15, 0.2) is 0 Å². The molecule has 0 aliphatic heterocycles. The molecule has 1 unspecified atom stereocenters. The SMILES string of the molecule is CCCCN(CCOc1ccc(CNC)cc1)C(C)CC. The second kappa shape index (κ2) is 10.6. The summed E-state index contributed by atoms with van der Waals surface area (Å²) >= 11 is 0. The fraction of sp³-hybridized carbons (Fsp3) is 0.667. The Balaban J connectivity index is 2.38. The van der Waals surface area contributed by atoms with E-state index in [2.05, 4.69) is 55.3 Å². The van der Waals surface area contributed by atoms with Crippen molar-refractivity contribution >= 4 is 0 Å². The minimum atomic E-state index is 0.637. The molecule has 1 aromatic rings. The van der Waals surface area contributed by atoms with Crippen LogP contribution < -0.4 is 10.1 Å². The molecule has 120 valence electrons. The van der Waals surface area contributed by atoms with Gasteiger partial charge in [0.1, 0.15) is 12.4 Å². The maximum atomic E-state index is 5.88. The van der Waals surface area contributed by atoms with Crippen molar-refractivity contribution in [2.45, 2.75) is 52.6 Å². The van der Waals surface area contributed by atoms with Crippen LogP contribution in [0.4, 0.5) is 0 Å². The Morgan fingerprint density at radius 2 is 1.86 bits per heavy atom. The van der Waals surface area contributed by atoms with Gasteiger partial charge in [-0.3, -0.25) is 4.90 Å².